The number of carboxylic acids is 1. The molecule has 0 fully saturated rings. The molecule has 1 amide bonds. The molecule has 0 saturated heterocycles. The number of carbonyl (C=O) groups excluding carboxylic acids is 1. The van der Waals surface area contributed by atoms with Gasteiger partial charge < -0.3 is 14.9 Å². The molecule has 0 aliphatic heterocycles. The highest BCUT2D eigenvalue weighted by Gasteiger charge is 2.19. The summed E-state index contributed by atoms with van der Waals surface area (Å²) < 4.78 is 4.82. The molecule has 1 aromatic rings. The van der Waals surface area contributed by atoms with Crippen LogP contribution in [0.25, 0.3) is 0 Å². The van der Waals surface area contributed by atoms with E-state index in [9.17, 15) is 9.59 Å². The number of nitrogens with zero attached hydrogens (tertiary/aromatic N) is 1. The van der Waals surface area contributed by atoms with Gasteiger partial charge in [-0.25, -0.2) is 4.79 Å². The fourth-order valence-corrected chi connectivity index (χ4v) is 1.46. The Balaban J connectivity index is 2.50. The predicted octanol–water partition coefficient (Wildman–Crippen LogP) is 0.895. The highest BCUT2D eigenvalue weighted by atomic mass is 16.5. The van der Waals surface area contributed by atoms with Gasteiger partial charge >= 0.3 is 5.97 Å². The molecule has 6 heteroatoms. The number of amides is 1. The number of hydrogen-bond acceptors (Lipinski definition) is 4. The van der Waals surface area contributed by atoms with Crippen LogP contribution in [0.15, 0.2) is 10.6 Å². The van der Waals surface area contributed by atoms with E-state index in [0.29, 0.717) is 24.3 Å². The second kappa shape index (κ2) is 6.03. The standard InChI is InChI=1S/C11H16N2O4/c1-3-4-9(11(15)16)12-10(14)6-8-5-7(2)17-13-8/h5,9H,3-4,6H2,1-2H3,(H,12,14)(H,15,16). The molecule has 0 aliphatic rings. The lowest BCUT2D eigenvalue weighted by Crippen LogP contribution is -2.41. The average Bonchev–Trinajstić information content (AvgIpc) is 2.63. The van der Waals surface area contributed by atoms with Crippen molar-refractivity contribution in [3.63, 3.8) is 0 Å². The van der Waals surface area contributed by atoms with E-state index in [0.717, 1.165) is 0 Å². The fraction of sp³-hybridized carbons (Fsp3) is 0.545. The monoisotopic (exact) mass is 240 g/mol. The van der Waals surface area contributed by atoms with Crippen LogP contribution in [0, 0.1) is 6.92 Å². The molecule has 2 N–H and O–H groups in total. The molecule has 0 aromatic carbocycles. The molecule has 1 atom stereocenters. The summed E-state index contributed by atoms with van der Waals surface area (Å²) in [7, 11) is 0. The number of carbonyl (C=O) groups is 2. The molecule has 1 rings (SSSR count). The van der Waals surface area contributed by atoms with Gasteiger partial charge in [-0.15, -0.1) is 0 Å². The first-order chi connectivity index (χ1) is 8.02. The van der Waals surface area contributed by atoms with Crippen molar-refractivity contribution in [2.24, 2.45) is 0 Å². The number of nitrogens with one attached hydrogen (secondary N) is 1. The lowest BCUT2D eigenvalue weighted by atomic mass is 10.1. The van der Waals surface area contributed by atoms with Gasteiger partial charge in [-0.05, 0) is 13.3 Å². The predicted molar refractivity (Wildman–Crippen MR) is 59.4 cm³/mol. The SMILES string of the molecule is CCCC(NC(=O)Cc1cc(C)on1)C(=O)O. The van der Waals surface area contributed by atoms with Crippen LogP contribution in [-0.4, -0.2) is 28.2 Å². The van der Waals surface area contributed by atoms with Gasteiger partial charge in [0, 0.05) is 6.07 Å². The van der Waals surface area contributed by atoms with Crippen LogP contribution in [0.3, 0.4) is 0 Å². The van der Waals surface area contributed by atoms with Crippen LogP contribution in [0.5, 0.6) is 0 Å². The summed E-state index contributed by atoms with van der Waals surface area (Å²) in [5, 5.41) is 15.0. The van der Waals surface area contributed by atoms with Gasteiger partial charge in [0.15, 0.2) is 0 Å². The molecule has 0 bridgehead atoms. The summed E-state index contributed by atoms with van der Waals surface area (Å²) in [5.41, 5.74) is 0.501. The van der Waals surface area contributed by atoms with Crippen molar-refractivity contribution >= 4 is 11.9 Å². The second-order valence-corrected chi connectivity index (χ2v) is 3.85. The largest absolute Gasteiger partial charge is 0.480 e. The Bertz CT molecular complexity index is 400. The third-order valence-electron chi connectivity index (χ3n) is 2.23. The third kappa shape index (κ3) is 4.26. The molecule has 17 heavy (non-hydrogen) atoms. The lowest BCUT2D eigenvalue weighted by molar-refractivity contribution is -0.141. The van der Waals surface area contributed by atoms with Crippen molar-refractivity contribution in [3.8, 4) is 0 Å². The molecule has 0 saturated carbocycles. The topological polar surface area (TPSA) is 92.4 Å². The van der Waals surface area contributed by atoms with Crippen LogP contribution < -0.4 is 5.32 Å². The maximum atomic E-state index is 11.6. The fourth-order valence-electron chi connectivity index (χ4n) is 1.46. The van der Waals surface area contributed by atoms with Gasteiger partial charge in [0.1, 0.15) is 11.8 Å². The Morgan fingerprint density at radius 2 is 2.29 bits per heavy atom. The van der Waals surface area contributed by atoms with Crippen LogP contribution >= 0.6 is 0 Å². The van der Waals surface area contributed by atoms with E-state index in [1.54, 1.807) is 13.0 Å². The minimum Gasteiger partial charge on any atom is -0.480 e. The van der Waals surface area contributed by atoms with E-state index in [1.807, 2.05) is 6.92 Å². The molecule has 94 valence electrons. The zero-order valence-corrected chi connectivity index (χ0v) is 9.90. The molecule has 1 heterocycles. The van der Waals surface area contributed by atoms with Crippen molar-refractivity contribution in [2.45, 2.75) is 39.2 Å². The molecule has 1 unspecified atom stereocenters. The Labute approximate surface area is 99.0 Å². The summed E-state index contributed by atoms with van der Waals surface area (Å²) >= 11 is 0. The maximum absolute atomic E-state index is 11.6. The van der Waals surface area contributed by atoms with Crippen LogP contribution in [0.2, 0.25) is 0 Å². The minimum atomic E-state index is -1.02. The number of hydrogen-bond donors (Lipinski definition) is 2. The summed E-state index contributed by atoms with van der Waals surface area (Å²) in [5.74, 6) is -0.758. The molecular weight excluding hydrogens is 224 g/mol. The lowest BCUT2D eigenvalue weighted by Gasteiger charge is -2.12. The first kappa shape index (κ1) is 13.2. The van der Waals surface area contributed by atoms with Crippen molar-refractivity contribution in [1.29, 1.82) is 0 Å². The highest BCUT2D eigenvalue weighted by Crippen LogP contribution is 2.03. The molecular formula is C11H16N2O4. The van der Waals surface area contributed by atoms with Gasteiger partial charge in [-0.3, -0.25) is 4.79 Å². The first-order valence-corrected chi connectivity index (χ1v) is 5.47. The number of aromatic nitrogens is 1. The molecule has 0 radical (unpaired) electrons. The van der Waals surface area contributed by atoms with E-state index >= 15 is 0 Å². The van der Waals surface area contributed by atoms with Gasteiger partial charge in [-0.2, -0.15) is 0 Å². The van der Waals surface area contributed by atoms with Gasteiger partial charge in [0.05, 0.1) is 12.1 Å². The quantitative estimate of drug-likeness (QED) is 0.770. The van der Waals surface area contributed by atoms with E-state index in [1.165, 1.54) is 0 Å². The summed E-state index contributed by atoms with van der Waals surface area (Å²) in [6.07, 6.45) is 1.14. The van der Waals surface area contributed by atoms with E-state index in [-0.39, 0.29) is 12.3 Å². The molecule has 0 spiro atoms. The maximum Gasteiger partial charge on any atom is 0.326 e. The number of rotatable bonds is 6. The highest BCUT2D eigenvalue weighted by molar-refractivity contribution is 5.84. The Morgan fingerprint density at radius 1 is 1.59 bits per heavy atom. The zero-order chi connectivity index (χ0) is 12.8. The average molecular weight is 240 g/mol. The van der Waals surface area contributed by atoms with Crippen molar-refractivity contribution in [2.75, 3.05) is 0 Å². The molecule has 1 aromatic heterocycles. The van der Waals surface area contributed by atoms with E-state index in [4.69, 9.17) is 9.63 Å². The zero-order valence-electron chi connectivity index (χ0n) is 9.90. The third-order valence-corrected chi connectivity index (χ3v) is 2.23. The van der Waals surface area contributed by atoms with Crippen LogP contribution in [-0.2, 0) is 16.0 Å². The summed E-state index contributed by atoms with van der Waals surface area (Å²) in [6.45, 7) is 3.59. The van der Waals surface area contributed by atoms with Gasteiger partial charge in [0.2, 0.25) is 5.91 Å². The smallest absolute Gasteiger partial charge is 0.326 e. The summed E-state index contributed by atoms with van der Waals surface area (Å²) in [4.78, 5) is 22.4. The minimum absolute atomic E-state index is 0.0326. The van der Waals surface area contributed by atoms with Crippen LogP contribution in [0.1, 0.15) is 31.2 Å². The normalized spacial score (nSPS) is 12.1. The van der Waals surface area contributed by atoms with Crippen molar-refractivity contribution < 1.29 is 19.2 Å². The van der Waals surface area contributed by atoms with E-state index in [2.05, 4.69) is 10.5 Å². The number of aryl methyl sites for hydroxylation is 1. The van der Waals surface area contributed by atoms with E-state index < -0.39 is 12.0 Å². The Kier molecular flexibility index (Phi) is 4.68. The van der Waals surface area contributed by atoms with Gasteiger partial charge in [-0.1, -0.05) is 18.5 Å². The Hall–Kier alpha value is -1.85. The molecule has 0 aliphatic carbocycles. The first-order valence-electron chi connectivity index (χ1n) is 5.47. The van der Waals surface area contributed by atoms with Gasteiger partial charge in [0.25, 0.3) is 0 Å². The van der Waals surface area contributed by atoms with Crippen LogP contribution in [0.4, 0.5) is 0 Å². The second-order valence-electron chi connectivity index (χ2n) is 3.85. The van der Waals surface area contributed by atoms with Crippen molar-refractivity contribution in [1.82, 2.24) is 10.5 Å². The Morgan fingerprint density at radius 3 is 2.76 bits per heavy atom. The molecule has 6 nitrogen and oxygen atoms in total. The summed E-state index contributed by atoms with van der Waals surface area (Å²) in [6, 6.07) is 0.815. The van der Waals surface area contributed by atoms with Crippen molar-refractivity contribution in [3.05, 3.63) is 17.5 Å². The number of aliphatic carboxylic acids is 1. The number of carboxylic acid groups (broad SMARTS) is 1.